The van der Waals surface area contributed by atoms with Crippen molar-refractivity contribution in [3.63, 3.8) is 0 Å². The van der Waals surface area contributed by atoms with Gasteiger partial charge in [0.15, 0.2) is 0 Å². The molecule has 0 radical (unpaired) electrons. The van der Waals surface area contributed by atoms with E-state index in [1.165, 1.54) is 56.9 Å². The molecule has 22 heavy (non-hydrogen) atoms. The SMILES string of the molecule is CC(CCCC1CCCCC1)c1ccc(CC(O)C=O)cc1. The van der Waals surface area contributed by atoms with E-state index in [2.05, 4.69) is 19.1 Å². The lowest BCUT2D eigenvalue weighted by molar-refractivity contribution is -0.114. The Balaban J connectivity index is 1.74. The first-order chi connectivity index (χ1) is 10.7. The molecule has 2 nitrogen and oxygen atoms in total. The Morgan fingerprint density at radius 3 is 2.50 bits per heavy atom. The fraction of sp³-hybridized carbons (Fsp3) is 0.650. The minimum Gasteiger partial charge on any atom is -0.385 e. The summed E-state index contributed by atoms with van der Waals surface area (Å²) in [5.41, 5.74) is 2.39. The highest BCUT2D eigenvalue weighted by Crippen LogP contribution is 2.30. The standard InChI is InChI=1S/C20H30O2/c1-16(6-5-9-17-7-3-2-4-8-17)19-12-10-18(11-13-19)14-20(22)15-21/h10-13,15-17,20,22H,2-9,14H2,1H3. The van der Waals surface area contributed by atoms with Gasteiger partial charge in [-0.15, -0.1) is 0 Å². The number of hydrogen-bond donors (Lipinski definition) is 1. The van der Waals surface area contributed by atoms with Crippen molar-refractivity contribution in [2.75, 3.05) is 0 Å². The van der Waals surface area contributed by atoms with E-state index in [0.717, 1.165) is 11.5 Å². The number of carbonyl (C=O) groups is 1. The van der Waals surface area contributed by atoms with Gasteiger partial charge in [-0.05, 0) is 29.4 Å². The third-order valence-corrected chi connectivity index (χ3v) is 5.12. The number of aliphatic hydroxyl groups excluding tert-OH is 1. The molecule has 0 amide bonds. The quantitative estimate of drug-likeness (QED) is 0.710. The van der Waals surface area contributed by atoms with Gasteiger partial charge in [0.25, 0.3) is 0 Å². The lowest BCUT2D eigenvalue weighted by Crippen LogP contribution is -2.11. The van der Waals surface area contributed by atoms with Crippen LogP contribution in [-0.2, 0) is 11.2 Å². The zero-order valence-electron chi connectivity index (χ0n) is 13.8. The molecule has 122 valence electrons. The second kappa shape index (κ2) is 9.09. The molecule has 0 aromatic heterocycles. The van der Waals surface area contributed by atoms with E-state index in [0.29, 0.717) is 18.6 Å². The van der Waals surface area contributed by atoms with E-state index in [-0.39, 0.29) is 0 Å². The third kappa shape index (κ3) is 5.57. The normalized spacial score (nSPS) is 18.8. The van der Waals surface area contributed by atoms with Crippen LogP contribution in [0.15, 0.2) is 24.3 Å². The topological polar surface area (TPSA) is 37.3 Å². The van der Waals surface area contributed by atoms with Gasteiger partial charge in [0.2, 0.25) is 0 Å². The molecule has 1 aliphatic carbocycles. The average molecular weight is 302 g/mol. The Hall–Kier alpha value is -1.15. The number of benzene rings is 1. The molecule has 0 saturated heterocycles. The minimum atomic E-state index is -0.876. The van der Waals surface area contributed by atoms with Gasteiger partial charge in [0.1, 0.15) is 12.4 Å². The molecule has 2 heteroatoms. The monoisotopic (exact) mass is 302 g/mol. The molecular weight excluding hydrogens is 272 g/mol. The van der Waals surface area contributed by atoms with Crippen LogP contribution in [0.5, 0.6) is 0 Å². The van der Waals surface area contributed by atoms with Crippen molar-refractivity contribution in [3.05, 3.63) is 35.4 Å². The van der Waals surface area contributed by atoms with Crippen molar-refractivity contribution in [3.8, 4) is 0 Å². The first-order valence-electron chi connectivity index (χ1n) is 8.91. The van der Waals surface area contributed by atoms with Gasteiger partial charge in [-0.1, -0.05) is 76.1 Å². The maximum atomic E-state index is 10.5. The Morgan fingerprint density at radius 1 is 1.18 bits per heavy atom. The van der Waals surface area contributed by atoms with Crippen molar-refractivity contribution in [1.29, 1.82) is 0 Å². The van der Waals surface area contributed by atoms with Crippen LogP contribution in [0.2, 0.25) is 0 Å². The molecule has 0 spiro atoms. The number of hydrogen-bond acceptors (Lipinski definition) is 2. The van der Waals surface area contributed by atoms with Crippen molar-refractivity contribution in [2.24, 2.45) is 5.92 Å². The van der Waals surface area contributed by atoms with E-state index >= 15 is 0 Å². The largest absolute Gasteiger partial charge is 0.385 e. The summed E-state index contributed by atoms with van der Waals surface area (Å²) in [7, 11) is 0. The maximum Gasteiger partial charge on any atom is 0.148 e. The van der Waals surface area contributed by atoms with Crippen LogP contribution in [0.25, 0.3) is 0 Å². The van der Waals surface area contributed by atoms with E-state index in [4.69, 9.17) is 0 Å². The molecule has 0 aliphatic heterocycles. The molecule has 1 fully saturated rings. The smallest absolute Gasteiger partial charge is 0.148 e. The highest BCUT2D eigenvalue weighted by atomic mass is 16.3. The first kappa shape index (κ1) is 17.2. The van der Waals surface area contributed by atoms with Crippen molar-refractivity contribution < 1.29 is 9.90 Å². The molecule has 1 aromatic carbocycles. The summed E-state index contributed by atoms with van der Waals surface area (Å²) < 4.78 is 0. The van der Waals surface area contributed by atoms with Gasteiger partial charge in [-0.25, -0.2) is 0 Å². The Labute approximate surface area is 134 Å². The first-order valence-corrected chi connectivity index (χ1v) is 8.91. The Kier molecular flexibility index (Phi) is 7.11. The predicted octanol–water partition coefficient (Wildman–Crippen LogP) is 4.64. The van der Waals surface area contributed by atoms with Crippen LogP contribution in [0, 0.1) is 5.92 Å². The van der Waals surface area contributed by atoms with E-state index in [9.17, 15) is 9.90 Å². The second-order valence-corrected chi connectivity index (χ2v) is 6.99. The molecule has 2 atom stereocenters. The van der Waals surface area contributed by atoms with Crippen LogP contribution in [0.1, 0.15) is 75.3 Å². The Morgan fingerprint density at radius 2 is 1.86 bits per heavy atom. The summed E-state index contributed by atoms with van der Waals surface area (Å²) in [6.45, 7) is 2.30. The van der Waals surface area contributed by atoms with Crippen molar-refractivity contribution in [2.45, 2.75) is 76.7 Å². The maximum absolute atomic E-state index is 10.5. The summed E-state index contributed by atoms with van der Waals surface area (Å²) in [4.78, 5) is 10.5. The van der Waals surface area contributed by atoms with Gasteiger partial charge >= 0.3 is 0 Å². The van der Waals surface area contributed by atoms with Gasteiger partial charge < -0.3 is 9.90 Å². The number of carbonyl (C=O) groups excluding carboxylic acids is 1. The van der Waals surface area contributed by atoms with Crippen molar-refractivity contribution in [1.82, 2.24) is 0 Å². The fourth-order valence-electron chi connectivity index (χ4n) is 3.63. The van der Waals surface area contributed by atoms with Crippen LogP contribution in [0.3, 0.4) is 0 Å². The van der Waals surface area contributed by atoms with Crippen LogP contribution in [0.4, 0.5) is 0 Å². The van der Waals surface area contributed by atoms with E-state index in [1.807, 2.05) is 12.1 Å². The predicted molar refractivity (Wildman–Crippen MR) is 91.1 cm³/mol. The molecular formula is C20H30O2. The fourth-order valence-corrected chi connectivity index (χ4v) is 3.63. The summed E-state index contributed by atoms with van der Waals surface area (Å²) in [6, 6.07) is 8.38. The van der Waals surface area contributed by atoms with Gasteiger partial charge in [-0.3, -0.25) is 0 Å². The third-order valence-electron chi connectivity index (χ3n) is 5.12. The zero-order chi connectivity index (χ0) is 15.8. The molecule has 1 saturated carbocycles. The van der Waals surface area contributed by atoms with E-state index in [1.54, 1.807) is 0 Å². The molecule has 1 aliphatic rings. The minimum absolute atomic E-state index is 0.417. The van der Waals surface area contributed by atoms with Gasteiger partial charge in [0, 0.05) is 6.42 Å². The summed E-state index contributed by atoms with van der Waals surface area (Å²) >= 11 is 0. The Bertz CT molecular complexity index is 432. The highest BCUT2D eigenvalue weighted by Gasteiger charge is 2.14. The van der Waals surface area contributed by atoms with Gasteiger partial charge in [-0.2, -0.15) is 0 Å². The lowest BCUT2D eigenvalue weighted by atomic mass is 9.84. The number of aliphatic hydroxyl groups is 1. The number of aldehydes is 1. The number of rotatable bonds is 8. The highest BCUT2D eigenvalue weighted by molar-refractivity contribution is 5.56. The molecule has 2 rings (SSSR count). The second-order valence-electron chi connectivity index (χ2n) is 6.99. The molecule has 1 N–H and O–H groups in total. The molecule has 0 heterocycles. The summed E-state index contributed by atoms with van der Waals surface area (Å²) in [5.74, 6) is 1.57. The summed E-state index contributed by atoms with van der Waals surface area (Å²) in [5, 5.41) is 9.36. The van der Waals surface area contributed by atoms with E-state index < -0.39 is 6.10 Å². The van der Waals surface area contributed by atoms with Crippen LogP contribution >= 0.6 is 0 Å². The average Bonchev–Trinajstić information content (AvgIpc) is 2.56. The zero-order valence-corrected chi connectivity index (χ0v) is 13.8. The van der Waals surface area contributed by atoms with Crippen molar-refractivity contribution >= 4 is 6.29 Å². The molecule has 0 bridgehead atoms. The van der Waals surface area contributed by atoms with Gasteiger partial charge in [0.05, 0.1) is 0 Å². The molecule has 1 aromatic rings. The summed E-state index contributed by atoms with van der Waals surface area (Å²) in [6.07, 6.45) is 11.3. The lowest BCUT2D eigenvalue weighted by Gasteiger charge is -2.22. The van der Waals surface area contributed by atoms with Crippen LogP contribution < -0.4 is 0 Å². The molecule has 2 unspecified atom stereocenters. The van der Waals surface area contributed by atoms with Crippen LogP contribution in [-0.4, -0.2) is 17.5 Å².